The van der Waals surface area contributed by atoms with Gasteiger partial charge < -0.3 is 9.64 Å². The number of hydrogen-bond donors (Lipinski definition) is 1. The summed E-state index contributed by atoms with van der Waals surface area (Å²) >= 11 is 0. The van der Waals surface area contributed by atoms with Gasteiger partial charge in [0.05, 0.1) is 17.5 Å². The van der Waals surface area contributed by atoms with Crippen LogP contribution in [-0.4, -0.2) is 42.3 Å². The third kappa shape index (κ3) is 2.52. The van der Waals surface area contributed by atoms with Crippen molar-refractivity contribution in [1.82, 2.24) is 15.1 Å². The van der Waals surface area contributed by atoms with Crippen molar-refractivity contribution >= 4 is 10.9 Å². The second kappa shape index (κ2) is 4.99. The van der Waals surface area contributed by atoms with Crippen molar-refractivity contribution in [2.75, 3.05) is 27.2 Å². The monoisotopic (exact) mass is 219 g/mol. The number of fused-ring (bicyclic) bond motifs is 1. The van der Waals surface area contributed by atoms with Gasteiger partial charge in [-0.1, -0.05) is 12.1 Å². The first-order valence-electron chi connectivity index (χ1n) is 5.48. The van der Waals surface area contributed by atoms with Crippen molar-refractivity contribution in [2.24, 2.45) is 0 Å². The summed E-state index contributed by atoms with van der Waals surface area (Å²) in [5, 5.41) is 8.15. The number of nitrogens with one attached hydrogen (secondary N) is 1. The molecule has 0 unspecified atom stereocenters. The van der Waals surface area contributed by atoms with E-state index in [4.69, 9.17) is 4.74 Å². The minimum atomic E-state index is 0.701. The Balaban J connectivity index is 1.94. The van der Waals surface area contributed by atoms with Crippen LogP contribution in [0.4, 0.5) is 0 Å². The van der Waals surface area contributed by atoms with E-state index in [0.29, 0.717) is 12.5 Å². The highest BCUT2D eigenvalue weighted by Gasteiger charge is 2.04. The Bertz CT molecular complexity index is 450. The summed E-state index contributed by atoms with van der Waals surface area (Å²) in [6.07, 6.45) is 1.01. The molecule has 0 radical (unpaired) electrons. The highest BCUT2D eigenvalue weighted by Crippen LogP contribution is 2.21. The molecule has 0 saturated carbocycles. The Morgan fingerprint density at radius 3 is 2.94 bits per heavy atom. The van der Waals surface area contributed by atoms with Gasteiger partial charge in [-0.3, -0.25) is 5.10 Å². The summed E-state index contributed by atoms with van der Waals surface area (Å²) in [5.41, 5.74) is 1.02. The Kier molecular flexibility index (Phi) is 3.41. The van der Waals surface area contributed by atoms with E-state index in [2.05, 4.69) is 29.2 Å². The summed E-state index contributed by atoms with van der Waals surface area (Å²) in [6, 6.07) is 7.98. The van der Waals surface area contributed by atoms with Gasteiger partial charge in [-0.15, -0.1) is 5.10 Å². The number of benzene rings is 1. The Morgan fingerprint density at radius 2 is 2.12 bits per heavy atom. The van der Waals surface area contributed by atoms with E-state index in [1.807, 2.05) is 24.3 Å². The molecule has 0 amide bonds. The third-order valence-electron chi connectivity index (χ3n) is 2.42. The second-order valence-electron chi connectivity index (χ2n) is 4.08. The normalized spacial score (nSPS) is 11.2. The zero-order chi connectivity index (χ0) is 11.4. The largest absolute Gasteiger partial charge is 0.476 e. The maximum absolute atomic E-state index is 5.64. The molecule has 0 aliphatic rings. The number of para-hydroxylation sites is 1. The highest BCUT2D eigenvalue weighted by molar-refractivity contribution is 5.83. The van der Waals surface area contributed by atoms with Crippen molar-refractivity contribution < 1.29 is 4.74 Å². The number of aromatic nitrogens is 2. The van der Waals surface area contributed by atoms with Crippen molar-refractivity contribution in [2.45, 2.75) is 6.42 Å². The molecule has 2 aromatic rings. The third-order valence-corrected chi connectivity index (χ3v) is 2.42. The topological polar surface area (TPSA) is 41.1 Å². The van der Waals surface area contributed by atoms with E-state index in [1.54, 1.807) is 0 Å². The average molecular weight is 219 g/mol. The molecule has 0 fully saturated rings. The van der Waals surface area contributed by atoms with Crippen molar-refractivity contribution in [3.63, 3.8) is 0 Å². The number of ether oxygens (including phenoxy) is 1. The van der Waals surface area contributed by atoms with Crippen LogP contribution in [0.3, 0.4) is 0 Å². The summed E-state index contributed by atoms with van der Waals surface area (Å²) in [7, 11) is 4.12. The first-order chi connectivity index (χ1) is 7.77. The standard InChI is InChI=1S/C12H17N3O/c1-15(2)8-5-9-16-12-10-6-3-4-7-11(10)13-14-12/h3-4,6-7H,5,8-9H2,1-2H3,(H,13,14). The summed E-state index contributed by atoms with van der Waals surface area (Å²) in [4.78, 5) is 2.14. The fourth-order valence-corrected chi connectivity index (χ4v) is 1.60. The van der Waals surface area contributed by atoms with Gasteiger partial charge in [0.15, 0.2) is 0 Å². The van der Waals surface area contributed by atoms with E-state index in [1.165, 1.54) is 0 Å². The number of aromatic amines is 1. The van der Waals surface area contributed by atoms with Crippen molar-refractivity contribution in [1.29, 1.82) is 0 Å². The number of H-pyrrole nitrogens is 1. The molecule has 0 spiro atoms. The van der Waals surface area contributed by atoms with E-state index in [-0.39, 0.29) is 0 Å². The lowest BCUT2D eigenvalue weighted by molar-refractivity contribution is 0.275. The van der Waals surface area contributed by atoms with Crippen LogP contribution in [-0.2, 0) is 0 Å². The molecule has 0 aliphatic heterocycles. The quantitative estimate of drug-likeness (QED) is 0.781. The minimum absolute atomic E-state index is 0.701. The summed E-state index contributed by atoms with van der Waals surface area (Å²) < 4.78 is 5.64. The maximum Gasteiger partial charge on any atom is 0.240 e. The second-order valence-corrected chi connectivity index (χ2v) is 4.08. The lowest BCUT2D eigenvalue weighted by atomic mass is 10.2. The van der Waals surface area contributed by atoms with Crippen LogP contribution in [0, 0.1) is 0 Å². The predicted molar refractivity (Wildman–Crippen MR) is 64.8 cm³/mol. The molecule has 1 aromatic carbocycles. The van der Waals surface area contributed by atoms with Gasteiger partial charge in [-0.2, -0.15) is 0 Å². The molecular formula is C12H17N3O. The zero-order valence-electron chi connectivity index (χ0n) is 9.73. The highest BCUT2D eigenvalue weighted by atomic mass is 16.5. The average Bonchev–Trinajstić information content (AvgIpc) is 2.68. The van der Waals surface area contributed by atoms with Crippen LogP contribution in [0.25, 0.3) is 10.9 Å². The Hall–Kier alpha value is -1.55. The molecule has 1 aromatic heterocycles. The molecule has 1 N–H and O–H groups in total. The van der Waals surface area contributed by atoms with Crippen molar-refractivity contribution in [3.8, 4) is 5.88 Å². The molecule has 4 nitrogen and oxygen atoms in total. The summed E-state index contributed by atoms with van der Waals surface area (Å²) in [6.45, 7) is 1.73. The minimum Gasteiger partial charge on any atom is -0.476 e. The molecule has 4 heteroatoms. The fraction of sp³-hybridized carbons (Fsp3) is 0.417. The van der Waals surface area contributed by atoms with Crippen LogP contribution in [0.2, 0.25) is 0 Å². The van der Waals surface area contributed by atoms with Crippen molar-refractivity contribution in [3.05, 3.63) is 24.3 Å². The molecule has 86 valence electrons. The van der Waals surface area contributed by atoms with E-state index >= 15 is 0 Å². The van der Waals surface area contributed by atoms with Gasteiger partial charge in [-0.25, -0.2) is 0 Å². The van der Waals surface area contributed by atoms with E-state index in [0.717, 1.165) is 23.9 Å². The number of nitrogens with zero attached hydrogens (tertiary/aromatic N) is 2. The molecule has 1 heterocycles. The first-order valence-corrected chi connectivity index (χ1v) is 5.48. The van der Waals surface area contributed by atoms with Gasteiger partial charge in [0.2, 0.25) is 5.88 Å². The van der Waals surface area contributed by atoms with Crippen LogP contribution < -0.4 is 4.74 Å². The Morgan fingerprint density at radius 1 is 1.31 bits per heavy atom. The first kappa shape index (κ1) is 11.0. The molecular weight excluding hydrogens is 202 g/mol. The molecule has 0 bridgehead atoms. The molecule has 0 aliphatic carbocycles. The van der Waals surface area contributed by atoms with Gasteiger partial charge in [0.25, 0.3) is 0 Å². The van der Waals surface area contributed by atoms with Gasteiger partial charge in [0.1, 0.15) is 0 Å². The molecule has 0 atom stereocenters. The molecule has 0 saturated heterocycles. The smallest absolute Gasteiger partial charge is 0.240 e. The van der Waals surface area contributed by atoms with Gasteiger partial charge in [-0.05, 0) is 32.6 Å². The SMILES string of the molecule is CN(C)CCCOc1n[nH]c2ccccc12. The molecule has 16 heavy (non-hydrogen) atoms. The van der Waals surface area contributed by atoms with E-state index < -0.39 is 0 Å². The van der Waals surface area contributed by atoms with Crippen LogP contribution in [0.1, 0.15) is 6.42 Å². The van der Waals surface area contributed by atoms with E-state index in [9.17, 15) is 0 Å². The van der Waals surface area contributed by atoms with Gasteiger partial charge in [0, 0.05) is 6.54 Å². The Labute approximate surface area is 95.2 Å². The van der Waals surface area contributed by atoms with Gasteiger partial charge >= 0.3 is 0 Å². The molecule has 2 rings (SSSR count). The van der Waals surface area contributed by atoms with Crippen LogP contribution in [0.15, 0.2) is 24.3 Å². The lowest BCUT2D eigenvalue weighted by Crippen LogP contribution is -2.15. The lowest BCUT2D eigenvalue weighted by Gasteiger charge is -2.08. The zero-order valence-corrected chi connectivity index (χ0v) is 9.73. The van der Waals surface area contributed by atoms with Crippen LogP contribution >= 0.6 is 0 Å². The number of hydrogen-bond acceptors (Lipinski definition) is 3. The maximum atomic E-state index is 5.64. The fourth-order valence-electron chi connectivity index (χ4n) is 1.60. The predicted octanol–water partition coefficient (Wildman–Crippen LogP) is 1.89. The number of rotatable bonds is 5. The summed E-state index contributed by atoms with van der Waals surface area (Å²) in [5.74, 6) is 0.703. The van der Waals surface area contributed by atoms with Crippen LogP contribution in [0.5, 0.6) is 5.88 Å².